The fourth-order valence-electron chi connectivity index (χ4n) is 4.52. The highest BCUT2D eigenvalue weighted by Crippen LogP contribution is 2.45. The molecule has 4 rings (SSSR count). The summed E-state index contributed by atoms with van der Waals surface area (Å²) in [6, 6.07) is 7.65. The van der Waals surface area contributed by atoms with Gasteiger partial charge in [-0.25, -0.2) is 9.97 Å². The van der Waals surface area contributed by atoms with Gasteiger partial charge in [0, 0.05) is 44.9 Å². The Morgan fingerprint density at radius 3 is 2.71 bits per heavy atom. The SMILES string of the molecule is CCN1c2nc(-c3cccc(C(=N)/C=C\NC)c3)nc(N3CCOCC3)c2N(C)C1C(O)CO. The molecular weight excluding hydrogens is 434 g/mol. The van der Waals surface area contributed by atoms with E-state index >= 15 is 0 Å². The zero-order chi connectivity index (χ0) is 24.2. The first-order valence-electron chi connectivity index (χ1n) is 11.6. The van der Waals surface area contributed by atoms with Crippen LogP contribution in [0.4, 0.5) is 17.3 Å². The van der Waals surface area contributed by atoms with Gasteiger partial charge in [-0.15, -0.1) is 0 Å². The molecule has 1 fully saturated rings. The summed E-state index contributed by atoms with van der Waals surface area (Å²) in [7, 11) is 3.70. The van der Waals surface area contributed by atoms with Crippen LogP contribution in [0, 0.1) is 5.41 Å². The number of nitrogens with zero attached hydrogens (tertiary/aromatic N) is 5. The lowest BCUT2D eigenvalue weighted by Gasteiger charge is -2.33. The number of benzene rings is 1. The number of aliphatic hydroxyl groups is 2. The molecule has 0 aliphatic carbocycles. The minimum Gasteiger partial charge on any atom is -0.394 e. The molecule has 3 heterocycles. The third kappa shape index (κ3) is 4.44. The first-order valence-corrected chi connectivity index (χ1v) is 11.6. The van der Waals surface area contributed by atoms with Crippen molar-refractivity contribution in [3.63, 3.8) is 0 Å². The quantitative estimate of drug-likeness (QED) is 0.422. The molecule has 0 amide bonds. The van der Waals surface area contributed by atoms with E-state index in [4.69, 9.17) is 20.1 Å². The van der Waals surface area contributed by atoms with Crippen molar-refractivity contribution in [2.75, 3.05) is 68.2 Å². The van der Waals surface area contributed by atoms with E-state index in [1.807, 2.05) is 48.0 Å². The summed E-state index contributed by atoms with van der Waals surface area (Å²) in [6.07, 6.45) is 2.03. The minimum absolute atomic E-state index is 0.350. The molecule has 1 aromatic heterocycles. The number of aliphatic hydroxyl groups excluding tert-OH is 2. The number of rotatable bonds is 8. The lowest BCUT2D eigenvalue weighted by molar-refractivity contribution is 0.0737. The van der Waals surface area contributed by atoms with E-state index in [1.54, 1.807) is 19.3 Å². The van der Waals surface area contributed by atoms with Crippen LogP contribution in [-0.2, 0) is 4.74 Å². The summed E-state index contributed by atoms with van der Waals surface area (Å²) in [5.41, 5.74) is 2.79. The Morgan fingerprint density at radius 2 is 2.03 bits per heavy atom. The maximum absolute atomic E-state index is 10.6. The molecule has 0 saturated carbocycles. The molecule has 4 N–H and O–H groups in total. The number of likely N-dealkylation sites (N-methyl/N-ethyl adjacent to an activating group) is 2. The molecule has 10 nitrogen and oxygen atoms in total. The Bertz CT molecular complexity index is 1050. The van der Waals surface area contributed by atoms with E-state index in [0.717, 1.165) is 28.5 Å². The third-order valence-electron chi connectivity index (χ3n) is 6.22. The topological polar surface area (TPSA) is 121 Å². The summed E-state index contributed by atoms with van der Waals surface area (Å²) < 4.78 is 5.56. The molecule has 2 unspecified atom stereocenters. The lowest BCUT2D eigenvalue weighted by Crippen LogP contribution is -2.51. The van der Waals surface area contributed by atoms with Gasteiger partial charge in [0.2, 0.25) is 0 Å². The van der Waals surface area contributed by atoms with Gasteiger partial charge in [0.25, 0.3) is 0 Å². The maximum atomic E-state index is 10.6. The Labute approximate surface area is 200 Å². The molecule has 0 radical (unpaired) electrons. The summed E-state index contributed by atoms with van der Waals surface area (Å²) in [5.74, 6) is 2.07. The monoisotopic (exact) mass is 467 g/mol. The van der Waals surface area contributed by atoms with Crippen molar-refractivity contribution in [1.82, 2.24) is 15.3 Å². The molecule has 2 aliphatic rings. The predicted molar refractivity (Wildman–Crippen MR) is 134 cm³/mol. The molecule has 2 aromatic rings. The fraction of sp³-hybridized carbons (Fsp3) is 0.458. The number of ether oxygens (including phenoxy) is 1. The van der Waals surface area contributed by atoms with E-state index in [2.05, 4.69) is 10.2 Å². The van der Waals surface area contributed by atoms with Gasteiger partial charge in [0.15, 0.2) is 17.5 Å². The van der Waals surface area contributed by atoms with Crippen LogP contribution in [0.15, 0.2) is 36.5 Å². The van der Waals surface area contributed by atoms with Gasteiger partial charge in [0.1, 0.15) is 18.0 Å². The highest BCUT2D eigenvalue weighted by Gasteiger charge is 2.42. The normalized spacial score (nSPS) is 19.0. The van der Waals surface area contributed by atoms with Gasteiger partial charge in [-0.2, -0.15) is 0 Å². The second kappa shape index (κ2) is 10.4. The van der Waals surface area contributed by atoms with Gasteiger partial charge < -0.3 is 40.4 Å². The van der Waals surface area contributed by atoms with E-state index in [9.17, 15) is 10.2 Å². The van der Waals surface area contributed by atoms with E-state index in [0.29, 0.717) is 44.4 Å². The Hall–Kier alpha value is -3.21. The van der Waals surface area contributed by atoms with Crippen molar-refractivity contribution in [1.29, 1.82) is 5.41 Å². The molecule has 2 atom stereocenters. The molecular formula is C24H33N7O3. The van der Waals surface area contributed by atoms with Crippen LogP contribution < -0.4 is 20.0 Å². The van der Waals surface area contributed by atoms with Crippen molar-refractivity contribution in [2.24, 2.45) is 0 Å². The highest BCUT2D eigenvalue weighted by atomic mass is 16.5. The first-order chi connectivity index (χ1) is 16.5. The van der Waals surface area contributed by atoms with Gasteiger partial charge in [0.05, 0.1) is 25.5 Å². The van der Waals surface area contributed by atoms with E-state index in [1.165, 1.54) is 0 Å². The van der Waals surface area contributed by atoms with E-state index in [-0.39, 0.29) is 6.61 Å². The average molecular weight is 468 g/mol. The second-order valence-corrected chi connectivity index (χ2v) is 8.32. The third-order valence-corrected chi connectivity index (χ3v) is 6.22. The summed E-state index contributed by atoms with van der Waals surface area (Å²) in [5, 5.41) is 31.6. The molecule has 0 spiro atoms. The number of aromatic nitrogens is 2. The zero-order valence-electron chi connectivity index (χ0n) is 19.9. The Kier molecular flexibility index (Phi) is 7.30. The number of hydrogen-bond acceptors (Lipinski definition) is 10. The summed E-state index contributed by atoms with van der Waals surface area (Å²) >= 11 is 0. The number of anilines is 3. The van der Waals surface area contributed by atoms with Crippen LogP contribution in [0.1, 0.15) is 12.5 Å². The fourth-order valence-corrected chi connectivity index (χ4v) is 4.52. The van der Waals surface area contributed by atoms with Crippen LogP contribution in [0.2, 0.25) is 0 Å². The molecule has 1 aromatic carbocycles. The summed E-state index contributed by atoms with van der Waals surface area (Å²) in [6.45, 7) is 4.90. The van der Waals surface area contributed by atoms with Gasteiger partial charge in [-0.1, -0.05) is 18.2 Å². The number of fused-ring (bicyclic) bond motifs is 1. The van der Waals surface area contributed by atoms with Crippen LogP contribution >= 0.6 is 0 Å². The highest BCUT2D eigenvalue weighted by molar-refractivity contribution is 6.07. The molecule has 182 valence electrons. The molecule has 2 aliphatic heterocycles. The number of nitrogens with one attached hydrogen (secondary N) is 2. The predicted octanol–water partition coefficient (Wildman–Crippen LogP) is 1.04. The molecule has 0 bridgehead atoms. The van der Waals surface area contributed by atoms with Gasteiger partial charge in [-0.05, 0) is 25.3 Å². The van der Waals surface area contributed by atoms with Crippen molar-refractivity contribution in [2.45, 2.75) is 19.2 Å². The second-order valence-electron chi connectivity index (χ2n) is 8.32. The molecule has 34 heavy (non-hydrogen) atoms. The molecule has 10 heteroatoms. The smallest absolute Gasteiger partial charge is 0.164 e. The number of hydrogen-bond donors (Lipinski definition) is 4. The van der Waals surface area contributed by atoms with Gasteiger partial charge >= 0.3 is 0 Å². The van der Waals surface area contributed by atoms with Crippen LogP contribution in [0.5, 0.6) is 0 Å². The van der Waals surface area contributed by atoms with Crippen LogP contribution in [0.25, 0.3) is 11.4 Å². The standard InChI is InChI=1S/C24H33N7O3/c1-4-31-23-20(29(3)24(31)19(33)15-32)22(30-10-12-34-13-11-30)27-21(28-23)17-7-5-6-16(14-17)18(25)8-9-26-2/h5-9,14,19,24-26,32-33H,4,10-13,15H2,1-3H3/b9-8-,25-18?. The molecule has 1 saturated heterocycles. The lowest BCUT2D eigenvalue weighted by atomic mass is 10.1. The number of morpholine rings is 1. The zero-order valence-corrected chi connectivity index (χ0v) is 19.9. The first kappa shape index (κ1) is 23.9. The number of allylic oxidation sites excluding steroid dienone is 1. The minimum atomic E-state index is -0.956. The van der Waals surface area contributed by atoms with Crippen molar-refractivity contribution < 1.29 is 14.9 Å². The summed E-state index contributed by atoms with van der Waals surface area (Å²) in [4.78, 5) is 16.1. The Balaban J connectivity index is 1.84. The maximum Gasteiger partial charge on any atom is 0.164 e. The van der Waals surface area contributed by atoms with E-state index < -0.39 is 12.3 Å². The average Bonchev–Trinajstić information content (AvgIpc) is 3.18. The van der Waals surface area contributed by atoms with Crippen molar-refractivity contribution in [3.8, 4) is 11.4 Å². The van der Waals surface area contributed by atoms with Crippen molar-refractivity contribution >= 4 is 23.0 Å². The Morgan fingerprint density at radius 1 is 1.29 bits per heavy atom. The van der Waals surface area contributed by atoms with Crippen LogP contribution in [0.3, 0.4) is 0 Å². The van der Waals surface area contributed by atoms with Crippen LogP contribution in [-0.4, -0.2) is 91.7 Å². The van der Waals surface area contributed by atoms with Crippen molar-refractivity contribution in [3.05, 3.63) is 42.1 Å². The largest absolute Gasteiger partial charge is 0.394 e. The van der Waals surface area contributed by atoms with Gasteiger partial charge in [-0.3, -0.25) is 0 Å².